The number of nitrogens with one attached hydrogen (secondary N) is 1. The van der Waals surface area contributed by atoms with E-state index in [0.717, 1.165) is 17.9 Å². The number of fused-ring (bicyclic) bond motifs is 1. The van der Waals surface area contributed by atoms with Gasteiger partial charge in [-0.05, 0) is 62.3 Å². The SMILES string of the molecule is CCOc1ccc(NC(=O)[C@@H]2C3/C=C\CCCC[C@H]32)cc1. The van der Waals surface area contributed by atoms with Gasteiger partial charge in [-0.3, -0.25) is 4.79 Å². The van der Waals surface area contributed by atoms with Crippen molar-refractivity contribution in [3.63, 3.8) is 0 Å². The molecule has 2 aliphatic carbocycles. The number of carbonyl (C=O) groups excluding carboxylic acids is 1. The van der Waals surface area contributed by atoms with Crippen LogP contribution in [-0.4, -0.2) is 12.5 Å². The quantitative estimate of drug-likeness (QED) is 0.849. The third-order valence-electron chi connectivity index (χ3n) is 4.48. The second-order valence-electron chi connectivity index (χ2n) is 5.93. The van der Waals surface area contributed by atoms with Gasteiger partial charge in [-0.1, -0.05) is 18.6 Å². The smallest absolute Gasteiger partial charge is 0.228 e. The first-order valence-electron chi connectivity index (χ1n) is 8.00. The van der Waals surface area contributed by atoms with Crippen molar-refractivity contribution in [2.75, 3.05) is 11.9 Å². The normalized spacial score (nSPS) is 28.7. The van der Waals surface area contributed by atoms with E-state index in [1.54, 1.807) is 0 Å². The van der Waals surface area contributed by atoms with Crippen molar-refractivity contribution in [3.8, 4) is 5.75 Å². The van der Waals surface area contributed by atoms with E-state index in [1.807, 2.05) is 31.2 Å². The number of allylic oxidation sites excluding steroid dienone is 2. The first-order chi connectivity index (χ1) is 10.3. The van der Waals surface area contributed by atoms with Crippen molar-refractivity contribution in [2.24, 2.45) is 17.8 Å². The van der Waals surface area contributed by atoms with Crippen LogP contribution in [0, 0.1) is 17.8 Å². The second-order valence-corrected chi connectivity index (χ2v) is 5.93. The molecule has 3 heteroatoms. The van der Waals surface area contributed by atoms with E-state index in [-0.39, 0.29) is 11.8 Å². The molecule has 1 amide bonds. The number of ether oxygens (including phenoxy) is 1. The Kier molecular flexibility index (Phi) is 4.28. The molecule has 1 N–H and O–H groups in total. The predicted octanol–water partition coefficient (Wildman–Crippen LogP) is 4.02. The second kappa shape index (κ2) is 6.33. The Bertz CT molecular complexity index is 521. The first-order valence-corrected chi connectivity index (χ1v) is 8.00. The zero-order chi connectivity index (χ0) is 14.7. The van der Waals surface area contributed by atoms with Crippen LogP contribution in [0.5, 0.6) is 5.75 Å². The van der Waals surface area contributed by atoms with Gasteiger partial charge in [0.15, 0.2) is 0 Å². The maximum atomic E-state index is 12.4. The largest absolute Gasteiger partial charge is 0.494 e. The van der Waals surface area contributed by atoms with Crippen LogP contribution in [0.1, 0.15) is 32.6 Å². The summed E-state index contributed by atoms with van der Waals surface area (Å²) >= 11 is 0. The minimum atomic E-state index is 0.167. The van der Waals surface area contributed by atoms with Gasteiger partial charge in [0.25, 0.3) is 0 Å². The van der Waals surface area contributed by atoms with Crippen molar-refractivity contribution >= 4 is 11.6 Å². The van der Waals surface area contributed by atoms with Crippen molar-refractivity contribution < 1.29 is 9.53 Å². The number of hydrogen-bond donors (Lipinski definition) is 1. The van der Waals surface area contributed by atoms with Crippen LogP contribution in [-0.2, 0) is 4.79 Å². The van der Waals surface area contributed by atoms with Crippen LogP contribution in [0.2, 0.25) is 0 Å². The molecule has 112 valence electrons. The average molecular weight is 285 g/mol. The lowest BCUT2D eigenvalue weighted by molar-refractivity contribution is -0.117. The predicted molar refractivity (Wildman–Crippen MR) is 84.3 cm³/mol. The Balaban J connectivity index is 1.59. The van der Waals surface area contributed by atoms with Gasteiger partial charge >= 0.3 is 0 Å². The summed E-state index contributed by atoms with van der Waals surface area (Å²) in [7, 11) is 0. The highest BCUT2D eigenvalue weighted by Crippen LogP contribution is 2.51. The molecule has 3 atom stereocenters. The molecule has 1 aromatic carbocycles. The molecule has 0 bridgehead atoms. The van der Waals surface area contributed by atoms with Gasteiger partial charge in [-0.2, -0.15) is 0 Å². The topological polar surface area (TPSA) is 38.3 Å². The summed E-state index contributed by atoms with van der Waals surface area (Å²) in [5.74, 6) is 2.20. The number of benzene rings is 1. The van der Waals surface area contributed by atoms with Gasteiger partial charge in [0, 0.05) is 11.6 Å². The van der Waals surface area contributed by atoms with E-state index >= 15 is 0 Å². The van der Waals surface area contributed by atoms with Crippen LogP contribution in [0.15, 0.2) is 36.4 Å². The maximum absolute atomic E-state index is 12.4. The van der Waals surface area contributed by atoms with Crippen LogP contribution >= 0.6 is 0 Å². The number of rotatable bonds is 4. The molecule has 0 spiro atoms. The lowest BCUT2D eigenvalue weighted by atomic mass is 10.1. The molecule has 3 nitrogen and oxygen atoms in total. The molecular formula is C18H23NO2. The van der Waals surface area contributed by atoms with Crippen LogP contribution in [0.4, 0.5) is 5.69 Å². The van der Waals surface area contributed by atoms with Crippen molar-refractivity contribution in [1.82, 2.24) is 0 Å². The first kappa shape index (κ1) is 14.2. The molecule has 0 heterocycles. The third-order valence-corrected chi connectivity index (χ3v) is 4.48. The highest BCUT2D eigenvalue weighted by atomic mass is 16.5. The lowest BCUT2D eigenvalue weighted by Crippen LogP contribution is -2.15. The monoisotopic (exact) mass is 285 g/mol. The van der Waals surface area contributed by atoms with Gasteiger partial charge in [0.05, 0.1) is 6.61 Å². The molecule has 0 radical (unpaired) electrons. The molecule has 2 aliphatic rings. The summed E-state index contributed by atoms with van der Waals surface area (Å²) < 4.78 is 5.41. The number of anilines is 1. The number of hydrogen-bond acceptors (Lipinski definition) is 2. The van der Waals surface area contributed by atoms with Crippen molar-refractivity contribution in [2.45, 2.75) is 32.6 Å². The van der Waals surface area contributed by atoms with Gasteiger partial charge < -0.3 is 10.1 Å². The molecule has 3 rings (SSSR count). The molecule has 0 saturated heterocycles. The van der Waals surface area contributed by atoms with Crippen LogP contribution in [0.25, 0.3) is 0 Å². The zero-order valence-corrected chi connectivity index (χ0v) is 12.5. The Labute approximate surface area is 126 Å². The summed E-state index contributed by atoms with van der Waals surface area (Å²) in [5, 5.41) is 3.04. The van der Waals surface area contributed by atoms with Gasteiger partial charge in [0.2, 0.25) is 5.91 Å². The Morgan fingerprint density at radius 3 is 2.86 bits per heavy atom. The van der Waals surface area contributed by atoms with Gasteiger partial charge in [-0.25, -0.2) is 0 Å². The number of amides is 1. The van der Waals surface area contributed by atoms with Crippen LogP contribution in [0.3, 0.4) is 0 Å². The molecule has 1 unspecified atom stereocenters. The number of carbonyl (C=O) groups is 1. The fourth-order valence-electron chi connectivity index (χ4n) is 3.33. The molecule has 1 aromatic rings. The van der Waals surface area contributed by atoms with Gasteiger partial charge in [-0.15, -0.1) is 0 Å². The van der Waals surface area contributed by atoms with E-state index in [2.05, 4.69) is 17.5 Å². The fourth-order valence-corrected chi connectivity index (χ4v) is 3.33. The van der Waals surface area contributed by atoms with Gasteiger partial charge in [0.1, 0.15) is 5.75 Å². The Morgan fingerprint density at radius 1 is 1.29 bits per heavy atom. The maximum Gasteiger partial charge on any atom is 0.228 e. The average Bonchev–Trinajstić information content (AvgIpc) is 3.12. The summed E-state index contributed by atoms with van der Waals surface area (Å²) in [6.45, 7) is 2.62. The molecule has 1 fully saturated rings. The van der Waals surface area contributed by atoms with Crippen LogP contribution < -0.4 is 10.1 Å². The fraction of sp³-hybridized carbons (Fsp3) is 0.500. The van der Waals surface area contributed by atoms with E-state index in [9.17, 15) is 4.79 Å². The molecule has 21 heavy (non-hydrogen) atoms. The van der Waals surface area contributed by atoms with Crippen molar-refractivity contribution in [1.29, 1.82) is 0 Å². The van der Waals surface area contributed by atoms with E-state index in [1.165, 1.54) is 19.3 Å². The zero-order valence-electron chi connectivity index (χ0n) is 12.5. The summed E-state index contributed by atoms with van der Waals surface area (Å²) in [4.78, 5) is 12.4. The van der Waals surface area contributed by atoms with E-state index in [4.69, 9.17) is 4.74 Å². The minimum Gasteiger partial charge on any atom is -0.494 e. The third kappa shape index (κ3) is 3.29. The molecule has 0 aliphatic heterocycles. The summed E-state index contributed by atoms with van der Waals surface area (Å²) in [6.07, 6.45) is 9.37. The van der Waals surface area contributed by atoms with Crippen molar-refractivity contribution in [3.05, 3.63) is 36.4 Å². The Hall–Kier alpha value is -1.77. The lowest BCUT2D eigenvalue weighted by Gasteiger charge is -2.07. The Morgan fingerprint density at radius 2 is 2.10 bits per heavy atom. The molecular weight excluding hydrogens is 262 g/mol. The van der Waals surface area contributed by atoms with E-state index in [0.29, 0.717) is 18.4 Å². The summed E-state index contributed by atoms with van der Waals surface area (Å²) in [6, 6.07) is 7.61. The minimum absolute atomic E-state index is 0.167. The van der Waals surface area contributed by atoms with E-state index < -0.39 is 0 Å². The standard InChI is InChI=1S/C18H23NO2/c1-2-21-14-11-9-13(10-12-14)19-18(20)17-15-7-5-3-4-6-8-16(15)17/h5,7,9-12,15-17H,2-4,6,8H2,1H3,(H,19,20)/b7-5-/t15?,16-,17-/m1/s1. The summed E-state index contributed by atoms with van der Waals surface area (Å²) in [5.41, 5.74) is 0.853. The highest BCUT2D eigenvalue weighted by Gasteiger charge is 2.52. The molecule has 0 aromatic heterocycles. The highest BCUT2D eigenvalue weighted by molar-refractivity contribution is 5.95. The molecule has 1 saturated carbocycles.